The number of nitrogens with one attached hydrogen (secondary N) is 1. The van der Waals surface area contributed by atoms with Crippen LogP contribution in [0.3, 0.4) is 0 Å². The topological polar surface area (TPSA) is 49.3 Å². The molecule has 0 saturated heterocycles. The van der Waals surface area contributed by atoms with Crippen molar-refractivity contribution in [1.29, 1.82) is 0 Å². The number of halogens is 3. The highest BCUT2D eigenvalue weighted by atomic mass is 19.4. The van der Waals surface area contributed by atoms with Crippen molar-refractivity contribution in [3.63, 3.8) is 0 Å². The lowest BCUT2D eigenvalue weighted by Crippen LogP contribution is -2.16. The number of amides is 1. The van der Waals surface area contributed by atoms with Gasteiger partial charge in [0.25, 0.3) is 0 Å². The maximum absolute atomic E-state index is 11.9. The Balaban J connectivity index is 2.57. The first-order valence-corrected chi connectivity index (χ1v) is 5.42. The number of rotatable bonds is 4. The number of aliphatic hydroxyl groups excluding tert-OH is 1. The summed E-state index contributed by atoms with van der Waals surface area (Å²) in [6.07, 6.45) is -6.78. The summed E-state index contributed by atoms with van der Waals surface area (Å²) in [6.45, 7) is 1.56. The average Bonchev–Trinajstić information content (AvgIpc) is 2.26. The highest BCUT2D eigenvalue weighted by Gasteiger charge is 2.27. The van der Waals surface area contributed by atoms with Crippen LogP contribution >= 0.6 is 0 Å². The Morgan fingerprint density at radius 2 is 2.11 bits per heavy atom. The van der Waals surface area contributed by atoms with Crippen LogP contribution in [0.5, 0.6) is 0 Å². The molecule has 0 aliphatic heterocycles. The van der Waals surface area contributed by atoms with Crippen LogP contribution in [0.15, 0.2) is 24.3 Å². The van der Waals surface area contributed by atoms with Crippen LogP contribution in [0.25, 0.3) is 0 Å². The molecule has 1 aromatic rings. The van der Waals surface area contributed by atoms with Crippen LogP contribution < -0.4 is 5.32 Å². The van der Waals surface area contributed by atoms with Crippen LogP contribution in [-0.2, 0) is 4.79 Å². The monoisotopic (exact) mass is 261 g/mol. The molecule has 100 valence electrons. The first-order valence-electron chi connectivity index (χ1n) is 5.42. The van der Waals surface area contributed by atoms with E-state index in [1.807, 2.05) is 0 Å². The number of hydrogen-bond donors (Lipinski definition) is 2. The molecule has 1 aromatic carbocycles. The van der Waals surface area contributed by atoms with Crippen molar-refractivity contribution >= 4 is 11.6 Å². The Morgan fingerprint density at radius 3 is 2.67 bits per heavy atom. The molecule has 0 bridgehead atoms. The zero-order valence-corrected chi connectivity index (χ0v) is 9.79. The van der Waals surface area contributed by atoms with Crippen LogP contribution in [-0.4, -0.2) is 17.2 Å². The number of anilines is 1. The first kappa shape index (κ1) is 14.5. The molecule has 0 radical (unpaired) electrons. The zero-order chi connectivity index (χ0) is 13.8. The summed E-state index contributed by atoms with van der Waals surface area (Å²) >= 11 is 0. The Morgan fingerprint density at radius 1 is 1.44 bits per heavy atom. The number of hydrogen-bond acceptors (Lipinski definition) is 2. The highest BCUT2D eigenvalue weighted by molar-refractivity contribution is 5.90. The quantitative estimate of drug-likeness (QED) is 0.875. The predicted octanol–water partition coefficient (Wildman–Crippen LogP) is 3.02. The number of benzene rings is 1. The number of aliphatic hydroxyl groups is 1. The van der Waals surface area contributed by atoms with Gasteiger partial charge in [0.2, 0.25) is 5.91 Å². The normalized spacial score (nSPS) is 13.2. The van der Waals surface area contributed by atoms with E-state index in [0.29, 0.717) is 11.3 Å². The van der Waals surface area contributed by atoms with E-state index in [1.165, 1.54) is 6.07 Å². The fraction of sp³-hybridized carbons (Fsp3) is 0.417. The van der Waals surface area contributed by atoms with Gasteiger partial charge in [0.15, 0.2) is 0 Å². The second-order valence-corrected chi connectivity index (χ2v) is 3.96. The van der Waals surface area contributed by atoms with E-state index in [-0.39, 0.29) is 0 Å². The van der Waals surface area contributed by atoms with E-state index in [1.54, 1.807) is 25.1 Å². The van der Waals surface area contributed by atoms with Crippen LogP contribution in [0.2, 0.25) is 0 Å². The molecule has 6 heteroatoms. The SMILES string of the molecule is CC(O)c1cccc(NC(=O)CCC(F)(F)F)c1. The first-order chi connectivity index (χ1) is 8.28. The van der Waals surface area contributed by atoms with Crippen molar-refractivity contribution in [1.82, 2.24) is 0 Å². The van der Waals surface area contributed by atoms with Crippen molar-refractivity contribution in [2.45, 2.75) is 32.0 Å². The average molecular weight is 261 g/mol. The maximum Gasteiger partial charge on any atom is 0.389 e. The summed E-state index contributed by atoms with van der Waals surface area (Å²) < 4.78 is 35.7. The third-order valence-corrected chi connectivity index (χ3v) is 2.29. The molecule has 18 heavy (non-hydrogen) atoms. The lowest BCUT2D eigenvalue weighted by molar-refractivity contribution is -0.142. The maximum atomic E-state index is 11.9. The summed E-state index contributed by atoms with van der Waals surface area (Å²) in [6, 6.07) is 6.35. The van der Waals surface area contributed by atoms with Gasteiger partial charge in [-0.15, -0.1) is 0 Å². The van der Waals surface area contributed by atoms with E-state index in [2.05, 4.69) is 5.32 Å². The molecular formula is C12H14F3NO2. The molecule has 0 aromatic heterocycles. The van der Waals surface area contributed by atoms with E-state index in [0.717, 1.165) is 0 Å². The molecule has 0 aliphatic rings. The van der Waals surface area contributed by atoms with E-state index >= 15 is 0 Å². The Hall–Kier alpha value is -1.56. The molecule has 1 rings (SSSR count). The second-order valence-electron chi connectivity index (χ2n) is 3.96. The van der Waals surface area contributed by atoms with Gasteiger partial charge in [0.1, 0.15) is 0 Å². The van der Waals surface area contributed by atoms with Crippen LogP contribution in [0.1, 0.15) is 31.4 Å². The standard InChI is InChI=1S/C12H14F3NO2/c1-8(17)9-3-2-4-10(7-9)16-11(18)5-6-12(13,14)15/h2-4,7-8,17H,5-6H2,1H3,(H,16,18). The molecule has 0 saturated carbocycles. The molecular weight excluding hydrogens is 247 g/mol. The van der Waals surface area contributed by atoms with Gasteiger partial charge >= 0.3 is 6.18 Å². The highest BCUT2D eigenvalue weighted by Crippen LogP contribution is 2.22. The second kappa shape index (κ2) is 5.86. The summed E-state index contributed by atoms with van der Waals surface area (Å²) in [4.78, 5) is 11.3. The Bertz CT molecular complexity index is 416. The van der Waals surface area contributed by atoms with E-state index < -0.39 is 31.0 Å². The lowest BCUT2D eigenvalue weighted by atomic mass is 10.1. The molecule has 2 N–H and O–H groups in total. The van der Waals surface area contributed by atoms with Crippen molar-refractivity contribution in [2.75, 3.05) is 5.32 Å². The van der Waals surface area contributed by atoms with Gasteiger partial charge in [0.05, 0.1) is 12.5 Å². The summed E-state index contributed by atoms with van der Waals surface area (Å²) in [5.74, 6) is -0.699. The fourth-order valence-corrected chi connectivity index (χ4v) is 1.36. The zero-order valence-electron chi connectivity index (χ0n) is 9.79. The summed E-state index contributed by atoms with van der Waals surface area (Å²) in [7, 11) is 0. The van der Waals surface area contributed by atoms with Crippen LogP contribution in [0, 0.1) is 0 Å². The molecule has 0 heterocycles. The van der Waals surface area contributed by atoms with Crippen molar-refractivity contribution in [3.05, 3.63) is 29.8 Å². The Kier molecular flexibility index (Phi) is 4.72. The minimum Gasteiger partial charge on any atom is -0.389 e. The molecule has 1 unspecified atom stereocenters. The van der Waals surface area contributed by atoms with Gasteiger partial charge in [-0.3, -0.25) is 4.79 Å². The molecule has 1 atom stereocenters. The van der Waals surface area contributed by atoms with Crippen molar-refractivity contribution < 1.29 is 23.1 Å². The molecule has 0 aliphatic carbocycles. The lowest BCUT2D eigenvalue weighted by Gasteiger charge is -2.10. The summed E-state index contributed by atoms with van der Waals surface area (Å²) in [5, 5.41) is 11.7. The van der Waals surface area contributed by atoms with Gasteiger partial charge in [0, 0.05) is 12.1 Å². The third kappa shape index (κ3) is 5.18. The number of carbonyl (C=O) groups is 1. The molecule has 3 nitrogen and oxygen atoms in total. The van der Waals surface area contributed by atoms with E-state index in [9.17, 15) is 23.1 Å². The minimum absolute atomic E-state index is 0.376. The van der Waals surface area contributed by atoms with Crippen molar-refractivity contribution in [2.24, 2.45) is 0 Å². The Labute approximate surface area is 103 Å². The van der Waals surface area contributed by atoms with E-state index in [4.69, 9.17) is 0 Å². The minimum atomic E-state index is -4.33. The van der Waals surface area contributed by atoms with Gasteiger partial charge in [-0.05, 0) is 24.6 Å². The van der Waals surface area contributed by atoms with Crippen molar-refractivity contribution in [3.8, 4) is 0 Å². The number of alkyl halides is 3. The molecule has 0 spiro atoms. The number of carbonyl (C=O) groups excluding carboxylic acids is 1. The van der Waals surface area contributed by atoms with Gasteiger partial charge in [-0.2, -0.15) is 13.2 Å². The molecule has 1 amide bonds. The van der Waals surface area contributed by atoms with Crippen LogP contribution in [0.4, 0.5) is 18.9 Å². The summed E-state index contributed by atoms with van der Waals surface area (Å²) in [5.41, 5.74) is 0.962. The fourth-order valence-electron chi connectivity index (χ4n) is 1.36. The van der Waals surface area contributed by atoms with Gasteiger partial charge in [-0.1, -0.05) is 12.1 Å². The van der Waals surface area contributed by atoms with Gasteiger partial charge in [-0.25, -0.2) is 0 Å². The predicted molar refractivity (Wildman–Crippen MR) is 61.0 cm³/mol. The third-order valence-electron chi connectivity index (χ3n) is 2.29. The largest absolute Gasteiger partial charge is 0.389 e. The smallest absolute Gasteiger partial charge is 0.389 e. The van der Waals surface area contributed by atoms with Gasteiger partial charge < -0.3 is 10.4 Å². The molecule has 0 fully saturated rings.